The average molecular weight is 289 g/mol. The Kier molecular flexibility index (Phi) is 3.48. The van der Waals surface area contributed by atoms with Gasteiger partial charge >= 0.3 is 0 Å². The van der Waals surface area contributed by atoms with Crippen LogP contribution in [0.25, 0.3) is 11.3 Å². The van der Waals surface area contributed by atoms with Crippen molar-refractivity contribution in [1.82, 2.24) is 4.98 Å². The number of aromatic amines is 1. The second-order valence-corrected chi connectivity index (χ2v) is 4.86. The molecule has 0 unspecified atom stereocenters. The molecule has 0 aliphatic heterocycles. The summed E-state index contributed by atoms with van der Waals surface area (Å²) >= 11 is 17.7. The van der Waals surface area contributed by atoms with Gasteiger partial charge in [-0.25, -0.2) is 0 Å². The second-order valence-electron chi connectivity index (χ2n) is 3.67. The van der Waals surface area contributed by atoms with Gasteiger partial charge in [0.2, 0.25) is 0 Å². The monoisotopic (exact) mass is 287 g/mol. The fourth-order valence-corrected chi connectivity index (χ4v) is 2.14. The van der Waals surface area contributed by atoms with Crippen molar-refractivity contribution < 1.29 is 0 Å². The highest BCUT2D eigenvalue weighted by molar-refractivity contribution is 6.48. The van der Waals surface area contributed by atoms with E-state index in [1.807, 2.05) is 6.92 Å². The summed E-state index contributed by atoms with van der Waals surface area (Å²) in [7, 11) is 0. The van der Waals surface area contributed by atoms with Crippen LogP contribution in [0.1, 0.15) is 5.69 Å². The summed E-state index contributed by atoms with van der Waals surface area (Å²) in [6, 6.07) is 6.34. The zero-order valence-corrected chi connectivity index (χ0v) is 11.1. The lowest BCUT2D eigenvalue weighted by molar-refractivity contribution is 1.19. The van der Waals surface area contributed by atoms with Crippen LogP contribution in [0, 0.1) is 6.92 Å². The highest BCUT2D eigenvalue weighted by Gasteiger charge is 2.08. The molecule has 0 aliphatic rings. The van der Waals surface area contributed by atoms with Crippen molar-refractivity contribution in [1.29, 1.82) is 0 Å². The van der Waals surface area contributed by atoms with Crippen molar-refractivity contribution in [3.63, 3.8) is 0 Å². The minimum absolute atomic E-state index is 0.0709. The van der Waals surface area contributed by atoms with Crippen LogP contribution in [0.3, 0.4) is 0 Å². The standard InChI is InChI=1S/C12H8Cl3NO/c1-6-2-8(17)5-11(16-6)7-3-9(13)12(15)10(14)4-7/h2-5H,1H3,(H,16,17). The van der Waals surface area contributed by atoms with E-state index >= 15 is 0 Å². The van der Waals surface area contributed by atoms with Crippen molar-refractivity contribution >= 4 is 34.8 Å². The Morgan fingerprint density at radius 1 is 1.00 bits per heavy atom. The number of halogens is 3. The van der Waals surface area contributed by atoms with E-state index in [-0.39, 0.29) is 5.43 Å². The molecular weight excluding hydrogens is 280 g/mol. The van der Waals surface area contributed by atoms with E-state index < -0.39 is 0 Å². The smallest absolute Gasteiger partial charge is 0.182 e. The van der Waals surface area contributed by atoms with E-state index in [1.165, 1.54) is 12.1 Å². The summed E-state index contributed by atoms with van der Waals surface area (Å²) in [6.07, 6.45) is 0. The Bertz CT molecular complexity index is 611. The first-order valence-electron chi connectivity index (χ1n) is 4.83. The number of aromatic nitrogens is 1. The second kappa shape index (κ2) is 4.73. The number of nitrogens with one attached hydrogen (secondary N) is 1. The molecule has 1 aromatic heterocycles. The van der Waals surface area contributed by atoms with Crippen LogP contribution in [-0.2, 0) is 0 Å². The highest BCUT2D eigenvalue weighted by atomic mass is 35.5. The van der Waals surface area contributed by atoms with Gasteiger partial charge < -0.3 is 4.98 Å². The first-order chi connectivity index (χ1) is 7.97. The summed E-state index contributed by atoms with van der Waals surface area (Å²) in [4.78, 5) is 14.5. The van der Waals surface area contributed by atoms with Gasteiger partial charge in [0.05, 0.1) is 15.1 Å². The van der Waals surface area contributed by atoms with Crippen LogP contribution >= 0.6 is 34.8 Å². The third kappa shape index (κ3) is 2.65. The van der Waals surface area contributed by atoms with Gasteiger partial charge in [0.25, 0.3) is 0 Å². The third-order valence-electron chi connectivity index (χ3n) is 2.27. The first kappa shape index (κ1) is 12.5. The molecule has 0 bridgehead atoms. The van der Waals surface area contributed by atoms with E-state index in [0.29, 0.717) is 20.8 Å². The number of aryl methyl sites for hydroxylation is 1. The predicted octanol–water partition coefficient (Wildman–Crippen LogP) is 4.31. The number of H-pyrrole nitrogens is 1. The minimum atomic E-state index is -0.0709. The Morgan fingerprint density at radius 3 is 2.12 bits per heavy atom. The van der Waals surface area contributed by atoms with Gasteiger partial charge in [-0.15, -0.1) is 0 Å². The van der Waals surface area contributed by atoms with Gasteiger partial charge in [-0.1, -0.05) is 34.8 Å². The number of pyridine rings is 1. The topological polar surface area (TPSA) is 32.9 Å². The van der Waals surface area contributed by atoms with E-state index in [0.717, 1.165) is 11.3 Å². The van der Waals surface area contributed by atoms with E-state index in [9.17, 15) is 4.79 Å². The number of benzene rings is 1. The summed E-state index contributed by atoms with van der Waals surface area (Å²) < 4.78 is 0. The molecule has 88 valence electrons. The summed E-state index contributed by atoms with van der Waals surface area (Å²) in [6.45, 7) is 1.81. The van der Waals surface area contributed by atoms with Gasteiger partial charge in [-0.3, -0.25) is 4.79 Å². The molecule has 0 atom stereocenters. The Morgan fingerprint density at radius 2 is 1.59 bits per heavy atom. The molecule has 0 aliphatic carbocycles. The summed E-state index contributed by atoms with van der Waals surface area (Å²) in [5.41, 5.74) is 2.09. The maximum Gasteiger partial charge on any atom is 0.182 e. The molecular formula is C12H8Cl3NO. The molecule has 0 amide bonds. The Hall–Kier alpha value is -0.960. The molecule has 2 nitrogen and oxygen atoms in total. The SMILES string of the molecule is Cc1cc(=O)cc(-c2cc(Cl)c(Cl)c(Cl)c2)[nH]1. The molecule has 0 fully saturated rings. The fourth-order valence-electron chi connectivity index (χ4n) is 1.55. The molecule has 0 spiro atoms. The molecule has 2 aromatic rings. The predicted molar refractivity (Wildman–Crippen MR) is 72.3 cm³/mol. The number of hydrogen-bond acceptors (Lipinski definition) is 1. The maximum atomic E-state index is 11.4. The normalized spacial score (nSPS) is 10.6. The van der Waals surface area contributed by atoms with Crippen molar-refractivity contribution in [2.75, 3.05) is 0 Å². The van der Waals surface area contributed by atoms with Gasteiger partial charge in [0.1, 0.15) is 0 Å². The van der Waals surface area contributed by atoms with Crippen molar-refractivity contribution in [3.05, 3.63) is 55.3 Å². The Labute approximate surface area is 113 Å². The van der Waals surface area contributed by atoms with Crippen molar-refractivity contribution in [2.45, 2.75) is 6.92 Å². The zero-order valence-electron chi connectivity index (χ0n) is 8.85. The van der Waals surface area contributed by atoms with E-state index in [4.69, 9.17) is 34.8 Å². The molecule has 5 heteroatoms. The lowest BCUT2D eigenvalue weighted by Gasteiger charge is -2.06. The molecule has 1 aromatic carbocycles. The quantitative estimate of drug-likeness (QED) is 0.779. The molecule has 0 radical (unpaired) electrons. The van der Waals surface area contributed by atoms with E-state index in [1.54, 1.807) is 12.1 Å². The lowest BCUT2D eigenvalue weighted by Crippen LogP contribution is -2.01. The zero-order chi connectivity index (χ0) is 12.6. The van der Waals surface area contributed by atoms with Gasteiger partial charge in [0.15, 0.2) is 5.43 Å². The van der Waals surface area contributed by atoms with Crippen LogP contribution in [0.4, 0.5) is 0 Å². The van der Waals surface area contributed by atoms with Crippen LogP contribution in [0.2, 0.25) is 15.1 Å². The van der Waals surface area contributed by atoms with Crippen LogP contribution in [-0.4, -0.2) is 4.98 Å². The molecule has 0 saturated carbocycles. The lowest BCUT2D eigenvalue weighted by atomic mass is 10.1. The molecule has 2 rings (SSSR count). The summed E-state index contributed by atoms with van der Waals surface area (Å²) in [5, 5.41) is 1.03. The van der Waals surface area contributed by atoms with Crippen LogP contribution in [0.5, 0.6) is 0 Å². The minimum Gasteiger partial charge on any atom is -0.358 e. The molecule has 0 saturated heterocycles. The van der Waals surface area contributed by atoms with Crippen molar-refractivity contribution in [3.8, 4) is 11.3 Å². The van der Waals surface area contributed by atoms with E-state index in [2.05, 4.69) is 4.98 Å². The average Bonchev–Trinajstić information content (AvgIpc) is 2.23. The maximum absolute atomic E-state index is 11.4. The Balaban J connectivity index is 2.64. The fraction of sp³-hybridized carbons (Fsp3) is 0.0833. The first-order valence-corrected chi connectivity index (χ1v) is 5.96. The molecule has 17 heavy (non-hydrogen) atoms. The third-order valence-corrected chi connectivity index (χ3v) is 3.47. The van der Waals surface area contributed by atoms with Crippen LogP contribution < -0.4 is 5.43 Å². The molecule has 1 heterocycles. The van der Waals surface area contributed by atoms with Gasteiger partial charge in [0, 0.05) is 29.1 Å². The van der Waals surface area contributed by atoms with Crippen LogP contribution in [0.15, 0.2) is 29.1 Å². The van der Waals surface area contributed by atoms with Gasteiger partial charge in [-0.05, 0) is 19.1 Å². The number of hydrogen-bond donors (Lipinski definition) is 1. The van der Waals surface area contributed by atoms with Crippen molar-refractivity contribution in [2.24, 2.45) is 0 Å². The summed E-state index contributed by atoms with van der Waals surface area (Å²) in [5.74, 6) is 0. The van der Waals surface area contributed by atoms with Gasteiger partial charge in [-0.2, -0.15) is 0 Å². The highest BCUT2D eigenvalue weighted by Crippen LogP contribution is 2.34. The number of rotatable bonds is 1. The molecule has 1 N–H and O–H groups in total. The largest absolute Gasteiger partial charge is 0.358 e.